The number of rotatable bonds is 3. The van der Waals surface area contributed by atoms with Gasteiger partial charge in [-0.25, -0.2) is 4.39 Å². The lowest BCUT2D eigenvalue weighted by Gasteiger charge is -2.31. The Kier molecular flexibility index (Phi) is 13.0. The Hall–Kier alpha value is -3.21. The van der Waals surface area contributed by atoms with Crippen LogP contribution in [0.3, 0.4) is 0 Å². The maximum absolute atomic E-state index is 13.5. The molecule has 2 aromatic carbocycles. The minimum absolute atomic E-state index is 0. The molecule has 4 unspecified atom stereocenters. The van der Waals surface area contributed by atoms with Crippen molar-refractivity contribution >= 4 is 30.1 Å². The fourth-order valence-corrected chi connectivity index (χ4v) is 4.82. The lowest BCUT2D eigenvalue weighted by Crippen LogP contribution is -2.57. The number of aryl methyl sites for hydroxylation is 1. The highest BCUT2D eigenvalue weighted by Crippen LogP contribution is 2.33. The first-order valence-corrected chi connectivity index (χ1v) is 13.8. The zero-order valence-corrected chi connectivity index (χ0v) is 24.6. The van der Waals surface area contributed by atoms with E-state index in [9.17, 15) is 18.8 Å². The van der Waals surface area contributed by atoms with Gasteiger partial charge in [0.15, 0.2) is 0 Å². The van der Waals surface area contributed by atoms with E-state index in [-0.39, 0.29) is 54.0 Å². The van der Waals surface area contributed by atoms with Crippen molar-refractivity contribution in [1.82, 2.24) is 20.9 Å². The molecule has 9 nitrogen and oxygen atoms in total. The molecular weight excluding hydrogens is 551 g/mol. The molecule has 1 aliphatic carbocycles. The van der Waals surface area contributed by atoms with E-state index in [0.29, 0.717) is 31.5 Å². The third-order valence-corrected chi connectivity index (χ3v) is 7.50. The van der Waals surface area contributed by atoms with Gasteiger partial charge >= 0.3 is 0 Å². The Balaban J connectivity index is 0.00000294. The molecule has 1 saturated carbocycles. The first-order chi connectivity index (χ1) is 18.7. The predicted octanol–water partition coefficient (Wildman–Crippen LogP) is 2.20. The summed E-state index contributed by atoms with van der Waals surface area (Å²) in [6.07, 6.45) is 3.33. The maximum atomic E-state index is 13.5. The van der Waals surface area contributed by atoms with Gasteiger partial charge in [-0.1, -0.05) is 30.3 Å². The molecule has 0 radical (unpaired) electrons. The van der Waals surface area contributed by atoms with Crippen molar-refractivity contribution in [1.29, 1.82) is 0 Å². The number of hydrogen-bond donors (Lipinski definition) is 3. The second-order valence-electron chi connectivity index (χ2n) is 10.7. The zero-order chi connectivity index (χ0) is 27.9. The smallest absolute Gasteiger partial charge is 0.243 e. The largest absolute Gasteiger partial charge is 0.489 e. The van der Waals surface area contributed by atoms with Gasteiger partial charge in [0.2, 0.25) is 17.7 Å². The second-order valence-corrected chi connectivity index (χ2v) is 10.7. The topological polar surface area (TPSA) is 131 Å². The molecule has 3 amide bonds. The fourth-order valence-electron chi connectivity index (χ4n) is 4.82. The van der Waals surface area contributed by atoms with Crippen LogP contribution < -0.4 is 20.7 Å². The number of carbonyl (C=O) groups excluding carboxylic acids is 3. The minimum atomic E-state index is -0.873. The number of carbonyl (C=O) groups is 3. The monoisotopic (exact) mass is 592 g/mol. The highest BCUT2D eigenvalue weighted by atomic mass is 35.5. The molecule has 0 aromatic heterocycles. The van der Waals surface area contributed by atoms with Gasteiger partial charge in [-0.2, -0.15) is 0 Å². The van der Waals surface area contributed by atoms with Gasteiger partial charge in [0.25, 0.3) is 0 Å². The van der Waals surface area contributed by atoms with Crippen LogP contribution in [0.25, 0.3) is 0 Å². The van der Waals surface area contributed by atoms with Gasteiger partial charge in [0.1, 0.15) is 29.8 Å². The Morgan fingerprint density at radius 3 is 2.37 bits per heavy atom. The first kappa shape index (κ1) is 34.0. The van der Waals surface area contributed by atoms with E-state index in [1.54, 1.807) is 26.1 Å². The standard InChI is InChI=1S/C30H39FN4O4.ClH.H2O/c1-19-18-33-27(23-12-13-23)30(38)35(3)20(2)28(36)34-25(17-21-10-14-24(31)15-11-21)29(37)32-16-6-8-22-7-4-5-9-26(22)39-19;;/h4-5,7,9-11,14-15,19-20,23,25,27,33H,6,8,12-13,16-18H2,1-3H3,(H,32,37)(H,34,36);1H;1H2. The summed E-state index contributed by atoms with van der Waals surface area (Å²) in [5.74, 6) is -0.269. The molecule has 4 atom stereocenters. The molecule has 1 fully saturated rings. The van der Waals surface area contributed by atoms with Crippen LogP contribution in [0.5, 0.6) is 5.75 Å². The number of amides is 3. The molecule has 5 N–H and O–H groups in total. The summed E-state index contributed by atoms with van der Waals surface area (Å²) in [6, 6.07) is 11.6. The van der Waals surface area contributed by atoms with Gasteiger partial charge in [-0.05, 0) is 74.8 Å². The van der Waals surface area contributed by atoms with Crippen molar-refractivity contribution in [2.75, 3.05) is 20.1 Å². The number of ether oxygens (including phenoxy) is 1. The summed E-state index contributed by atoms with van der Waals surface area (Å²) < 4.78 is 19.7. The van der Waals surface area contributed by atoms with Crippen LogP contribution in [0.1, 0.15) is 44.2 Å². The van der Waals surface area contributed by atoms with E-state index in [1.807, 2.05) is 31.2 Å². The molecule has 0 bridgehead atoms. The number of nitrogens with one attached hydrogen (secondary N) is 3. The van der Waals surface area contributed by atoms with Crippen LogP contribution in [-0.4, -0.2) is 72.5 Å². The third-order valence-electron chi connectivity index (χ3n) is 7.50. The average molecular weight is 593 g/mol. The SMILES string of the molecule is CC1CNC(C2CC2)C(=O)N(C)C(C)C(=O)NC(Cc2ccc(F)cc2)C(=O)NCCCc2ccccc2O1.Cl.O. The lowest BCUT2D eigenvalue weighted by molar-refractivity contribution is -0.141. The van der Waals surface area contributed by atoms with Crippen molar-refractivity contribution in [3.8, 4) is 5.75 Å². The summed E-state index contributed by atoms with van der Waals surface area (Å²) in [4.78, 5) is 41.4. The summed E-state index contributed by atoms with van der Waals surface area (Å²) in [5, 5.41) is 9.17. The molecule has 2 aliphatic rings. The van der Waals surface area contributed by atoms with E-state index in [1.165, 1.54) is 17.0 Å². The molecule has 226 valence electrons. The molecule has 2 aromatic rings. The van der Waals surface area contributed by atoms with Crippen molar-refractivity contribution in [3.63, 3.8) is 0 Å². The Bertz CT molecular complexity index is 1160. The van der Waals surface area contributed by atoms with E-state index >= 15 is 0 Å². The van der Waals surface area contributed by atoms with E-state index in [4.69, 9.17) is 4.74 Å². The maximum Gasteiger partial charge on any atom is 0.243 e. The number of para-hydroxylation sites is 1. The highest BCUT2D eigenvalue weighted by molar-refractivity contribution is 5.93. The first-order valence-electron chi connectivity index (χ1n) is 13.8. The number of benzene rings is 2. The average Bonchev–Trinajstić information content (AvgIpc) is 3.76. The quantitative estimate of drug-likeness (QED) is 0.503. The highest BCUT2D eigenvalue weighted by Gasteiger charge is 2.39. The van der Waals surface area contributed by atoms with Crippen LogP contribution in [0, 0.1) is 11.7 Å². The van der Waals surface area contributed by atoms with Crippen LogP contribution >= 0.6 is 12.4 Å². The van der Waals surface area contributed by atoms with Crippen LogP contribution in [-0.2, 0) is 27.2 Å². The predicted molar refractivity (Wildman–Crippen MR) is 158 cm³/mol. The van der Waals surface area contributed by atoms with Crippen molar-refractivity contribution in [2.24, 2.45) is 5.92 Å². The minimum Gasteiger partial charge on any atom is -0.489 e. The van der Waals surface area contributed by atoms with E-state index in [2.05, 4.69) is 16.0 Å². The van der Waals surface area contributed by atoms with Gasteiger partial charge in [0.05, 0.1) is 6.04 Å². The van der Waals surface area contributed by atoms with E-state index < -0.39 is 24.0 Å². The molecule has 41 heavy (non-hydrogen) atoms. The molecular formula is C30H42ClFN4O5. The second kappa shape index (κ2) is 15.7. The third kappa shape index (κ3) is 9.41. The molecule has 0 spiro atoms. The molecule has 11 heteroatoms. The Labute approximate surface area is 247 Å². The Morgan fingerprint density at radius 2 is 1.68 bits per heavy atom. The van der Waals surface area contributed by atoms with Gasteiger partial charge in [0, 0.05) is 26.6 Å². The van der Waals surface area contributed by atoms with Crippen molar-refractivity contribution in [3.05, 3.63) is 65.5 Å². The van der Waals surface area contributed by atoms with Crippen LogP contribution in [0.15, 0.2) is 48.5 Å². The molecule has 1 heterocycles. The van der Waals surface area contributed by atoms with E-state index in [0.717, 1.165) is 24.2 Å². The summed E-state index contributed by atoms with van der Waals surface area (Å²) in [6.45, 7) is 4.53. The number of hydrogen-bond acceptors (Lipinski definition) is 5. The summed E-state index contributed by atoms with van der Waals surface area (Å²) >= 11 is 0. The Morgan fingerprint density at radius 1 is 1.00 bits per heavy atom. The van der Waals surface area contributed by atoms with Gasteiger partial charge in [-0.15, -0.1) is 12.4 Å². The normalized spacial score (nSPS) is 24.7. The van der Waals surface area contributed by atoms with Crippen LogP contribution in [0.4, 0.5) is 4.39 Å². The number of halogens is 2. The van der Waals surface area contributed by atoms with Crippen molar-refractivity contribution < 1.29 is 29.0 Å². The fraction of sp³-hybridized carbons (Fsp3) is 0.500. The number of nitrogens with zero attached hydrogens (tertiary/aromatic N) is 1. The number of likely N-dealkylation sites (N-methyl/N-ethyl adjacent to an activating group) is 1. The summed E-state index contributed by atoms with van der Waals surface area (Å²) in [5.41, 5.74) is 1.76. The lowest BCUT2D eigenvalue weighted by atomic mass is 10.0. The molecule has 4 rings (SSSR count). The molecule has 1 aliphatic heterocycles. The van der Waals surface area contributed by atoms with Gasteiger partial charge in [-0.3, -0.25) is 14.4 Å². The van der Waals surface area contributed by atoms with Crippen molar-refractivity contribution in [2.45, 2.75) is 70.2 Å². The molecule has 0 saturated heterocycles. The zero-order valence-electron chi connectivity index (χ0n) is 23.8. The van der Waals surface area contributed by atoms with Gasteiger partial charge < -0.3 is 31.1 Å². The number of fused-ring (bicyclic) bond motifs is 1. The summed E-state index contributed by atoms with van der Waals surface area (Å²) in [7, 11) is 1.62. The van der Waals surface area contributed by atoms with Crippen LogP contribution in [0.2, 0.25) is 0 Å².